The minimum Gasteiger partial charge on any atom is -0.319 e. The molecule has 0 aliphatic rings. The third-order valence-electron chi connectivity index (χ3n) is 3.12. The maximum atomic E-state index is 5.91. The molecule has 0 aliphatic heterocycles. The Morgan fingerprint density at radius 3 is 2.28 bits per heavy atom. The Hall–Kier alpha value is -1.31. The van der Waals surface area contributed by atoms with Gasteiger partial charge in [-0.25, -0.2) is 0 Å². The van der Waals surface area contributed by atoms with Crippen LogP contribution in [0, 0.1) is 0 Å². The molecule has 94 valence electrons. The maximum absolute atomic E-state index is 5.91. The fourth-order valence-corrected chi connectivity index (χ4v) is 2.31. The number of rotatable bonds is 5. The van der Waals surface area contributed by atoms with E-state index in [4.69, 9.17) is 11.6 Å². The molecule has 1 nitrogen and oxygen atoms in total. The normalized spacial score (nSPS) is 12.3. The van der Waals surface area contributed by atoms with E-state index in [1.807, 2.05) is 19.2 Å². The van der Waals surface area contributed by atoms with Gasteiger partial charge in [0.05, 0.1) is 0 Å². The monoisotopic (exact) mass is 259 g/mol. The van der Waals surface area contributed by atoms with Crippen molar-refractivity contribution in [2.45, 2.75) is 12.3 Å². The molecule has 0 saturated carbocycles. The Kier molecular flexibility index (Phi) is 4.80. The molecule has 0 saturated heterocycles. The van der Waals surface area contributed by atoms with E-state index < -0.39 is 0 Å². The lowest BCUT2D eigenvalue weighted by atomic mass is 9.92. The van der Waals surface area contributed by atoms with Crippen LogP contribution in [0.2, 0.25) is 5.02 Å². The molecule has 0 spiro atoms. The Labute approximate surface area is 114 Å². The van der Waals surface area contributed by atoms with Crippen LogP contribution in [-0.2, 0) is 6.42 Å². The number of hydrogen-bond donors (Lipinski definition) is 1. The molecule has 1 unspecified atom stereocenters. The van der Waals surface area contributed by atoms with Gasteiger partial charge in [0, 0.05) is 17.5 Å². The van der Waals surface area contributed by atoms with Gasteiger partial charge in [0.15, 0.2) is 0 Å². The number of nitrogens with one attached hydrogen (secondary N) is 1. The lowest BCUT2D eigenvalue weighted by Crippen LogP contribution is -2.19. The van der Waals surface area contributed by atoms with E-state index in [-0.39, 0.29) is 0 Å². The lowest BCUT2D eigenvalue weighted by molar-refractivity contribution is 0.626. The minimum atomic E-state index is 0.498. The first-order chi connectivity index (χ1) is 8.79. The van der Waals surface area contributed by atoms with E-state index in [1.54, 1.807) is 0 Å². The Morgan fingerprint density at radius 1 is 1.00 bits per heavy atom. The second-order valence-electron chi connectivity index (χ2n) is 4.50. The molecule has 0 bridgehead atoms. The Bertz CT molecular complexity index is 464. The van der Waals surface area contributed by atoms with Gasteiger partial charge in [0.2, 0.25) is 0 Å². The van der Waals surface area contributed by atoms with Crippen molar-refractivity contribution in [1.82, 2.24) is 5.32 Å². The fraction of sp³-hybridized carbons (Fsp3) is 0.250. The van der Waals surface area contributed by atoms with Gasteiger partial charge in [0.25, 0.3) is 0 Å². The van der Waals surface area contributed by atoms with Crippen molar-refractivity contribution in [1.29, 1.82) is 0 Å². The molecule has 0 aromatic heterocycles. The summed E-state index contributed by atoms with van der Waals surface area (Å²) in [6.07, 6.45) is 1.03. The van der Waals surface area contributed by atoms with E-state index in [1.165, 1.54) is 11.1 Å². The summed E-state index contributed by atoms with van der Waals surface area (Å²) in [4.78, 5) is 0. The number of benzene rings is 2. The molecule has 0 radical (unpaired) electrons. The molecule has 1 atom stereocenters. The van der Waals surface area contributed by atoms with Crippen LogP contribution in [0.1, 0.15) is 17.0 Å². The third-order valence-corrected chi connectivity index (χ3v) is 3.37. The highest BCUT2D eigenvalue weighted by Gasteiger charge is 2.11. The zero-order valence-corrected chi connectivity index (χ0v) is 11.3. The summed E-state index contributed by atoms with van der Waals surface area (Å²) in [5, 5.41) is 4.07. The van der Waals surface area contributed by atoms with Crippen LogP contribution in [0.5, 0.6) is 0 Å². The van der Waals surface area contributed by atoms with Gasteiger partial charge < -0.3 is 5.32 Å². The van der Waals surface area contributed by atoms with E-state index in [2.05, 4.69) is 47.8 Å². The smallest absolute Gasteiger partial charge is 0.0406 e. The van der Waals surface area contributed by atoms with Gasteiger partial charge in [0.1, 0.15) is 0 Å². The molecule has 2 aromatic rings. The van der Waals surface area contributed by atoms with Crippen molar-refractivity contribution >= 4 is 11.6 Å². The predicted molar refractivity (Wildman–Crippen MR) is 78.3 cm³/mol. The van der Waals surface area contributed by atoms with Crippen LogP contribution in [0.3, 0.4) is 0 Å². The van der Waals surface area contributed by atoms with Gasteiger partial charge in [-0.05, 0) is 36.7 Å². The molecule has 2 heteroatoms. The van der Waals surface area contributed by atoms with Crippen molar-refractivity contribution in [3.8, 4) is 0 Å². The first-order valence-electron chi connectivity index (χ1n) is 6.23. The van der Waals surface area contributed by atoms with E-state index in [9.17, 15) is 0 Å². The van der Waals surface area contributed by atoms with Gasteiger partial charge in [-0.3, -0.25) is 0 Å². The molecule has 0 heterocycles. The largest absolute Gasteiger partial charge is 0.319 e. The van der Waals surface area contributed by atoms with Gasteiger partial charge >= 0.3 is 0 Å². The van der Waals surface area contributed by atoms with Gasteiger partial charge in [-0.15, -0.1) is 0 Å². The lowest BCUT2D eigenvalue weighted by Gasteiger charge is -2.17. The van der Waals surface area contributed by atoms with Crippen LogP contribution in [0.15, 0.2) is 54.6 Å². The topological polar surface area (TPSA) is 12.0 Å². The summed E-state index contributed by atoms with van der Waals surface area (Å²) in [7, 11) is 2.00. The van der Waals surface area contributed by atoms with Gasteiger partial charge in [-0.2, -0.15) is 0 Å². The zero-order chi connectivity index (χ0) is 12.8. The Morgan fingerprint density at radius 2 is 1.67 bits per heavy atom. The van der Waals surface area contributed by atoms with Crippen LogP contribution < -0.4 is 5.32 Å². The third kappa shape index (κ3) is 3.59. The van der Waals surface area contributed by atoms with E-state index >= 15 is 0 Å². The van der Waals surface area contributed by atoms with Crippen molar-refractivity contribution < 1.29 is 0 Å². The summed E-state index contributed by atoms with van der Waals surface area (Å²) in [5.74, 6) is 0.498. The SMILES string of the molecule is CNCC(Cc1ccc(Cl)cc1)c1ccccc1. The van der Waals surface area contributed by atoms with Crippen LogP contribution in [0.25, 0.3) is 0 Å². The van der Waals surface area contributed by atoms with Gasteiger partial charge in [-0.1, -0.05) is 54.1 Å². The first kappa shape index (κ1) is 13.1. The average molecular weight is 260 g/mol. The quantitative estimate of drug-likeness (QED) is 0.859. The highest BCUT2D eigenvalue weighted by atomic mass is 35.5. The number of hydrogen-bond acceptors (Lipinski definition) is 1. The molecular formula is C16H18ClN. The molecule has 18 heavy (non-hydrogen) atoms. The van der Waals surface area contributed by atoms with E-state index in [0.717, 1.165) is 18.0 Å². The number of halogens is 1. The molecule has 2 aromatic carbocycles. The van der Waals surface area contributed by atoms with Crippen molar-refractivity contribution in [2.75, 3.05) is 13.6 Å². The molecule has 0 aliphatic carbocycles. The van der Waals surface area contributed by atoms with Crippen molar-refractivity contribution in [3.05, 3.63) is 70.7 Å². The molecule has 1 N–H and O–H groups in total. The molecule has 0 fully saturated rings. The second-order valence-corrected chi connectivity index (χ2v) is 4.93. The summed E-state index contributed by atoms with van der Waals surface area (Å²) < 4.78 is 0. The summed E-state index contributed by atoms with van der Waals surface area (Å²) in [6.45, 7) is 0.979. The molecule has 2 rings (SSSR count). The molecule has 0 amide bonds. The predicted octanol–water partition coefficient (Wildman–Crippen LogP) is 3.89. The second kappa shape index (κ2) is 6.58. The van der Waals surface area contributed by atoms with Crippen molar-refractivity contribution in [3.63, 3.8) is 0 Å². The maximum Gasteiger partial charge on any atom is 0.0406 e. The van der Waals surface area contributed by atoms with Crippen LogP contribution >= 0.6 is 11.6 Å². The standard InChI is InChI=1S/C16H18ClN/c1-18-12-15(14-5-3-2-4-6-14)11-13-7-9-16(17)10-8-13/h2-10,15,18H,11-12H2,1H3. The summed E-state index contributed by atoms with van der Waals surface area (Å²) in [6, 6.07) is 18.8. The zero-order valence-electron chi connectivity index (χ0n) is 10.6. The minimum absolute atomic E-state index is 0.498. The Balaban J connectivity index is 2.14. The molecular weight excluding hydrogens is 242 g/mol. The van der Waals surface area contributed by atoms with Crippen molar-refractivity contribution in [2.24, 2.45) is 0 Å². The number of likely N-dealkylation sites (N-methyl/N-ethyl adjacent to an activating group) is 1. The highest BCUT2D eigenvalue weighted by Crippen LogP contribution is 2.21. The fourth-order valence-electron chi connectivity index (χ4n) is 2.18. The highest BCUT2D eigenvalue weighted by molar-refractivity contribution is 6.30. The van der Waals surface area contributed by atoms with Crippen LogP contribution in [-0.4, -0.2) is 13.6 Å². The van der Waals surface area contributed by atoms with Crippen LogP contribution in [0.4, 0.5) is 0 Å². The summed E-state index contributed by atoms with van der Waals surface area (Å²) >= 11 is 5.91. The first-order valence-corrected chi connectivity index (χ1v) is 6.61. The van der Waals surface area contributed by atoms with E-state index in [0.29, 0.717) is 5.92 Å². The average Bonchev–Trinajstić information content (AvgIpc) is 2.42. The summed E-state index contributed by atoms with van der Waals surface area (Å²) in [5.41, 5.74) is 2.70.